The fourth-order valence-corrected chi connectivity index (χ4v) is 6.40. The number of carbonyl (C=O) groups is 3. The van der Waals surface area contributed by atoms with Gasteiger partial charge in [0.1, 0.15) is 17.9 Å². The topological polar surface area (TPSA) is 105 Å². The van der Waals surface area contributed by atoms with Gasteiger partial charge in [0.05, 0.1) is 16.7 Å². The second-order valence-corrected chi connectivity index (χ2v) is 10.8. The molecule has 3 aliphatic heterocycles. The SMILES string of the molecule is O=C1CCC(N2Cc3cc(O[C@H]4CCC[C@@H]4N4CC(c5cnc6ccccc6n5)C4)ccc3C2=O)C(=O)N1. The number of ether oxygens (including phenoxy) is 1. The van der Waals surface area contributed by atoms with E-state index in [0.29, 0.717) is 30.5 Å². The summed E-state index contributed by atoms with van der Waals surface area (Å²) in [6.07, 6.45) is 5.85. The Morgan fingerprint density at radius 1 is 0.974 bits per heavy atom. The molecule has 38 heavy (non-hydrogen) atoms. The lowest BCUT2D eigenvalue weighted by Crippen LogP contribution is -2.54. The molecule has 9 heteroatoms. The van der Waals surface area contributed by atoms with Gasteiger partial charge < -0.3 is 9.64 Å². The fraction of sp³-hybridized carbons (Fsp3) is 0.414. The minimum atomic E-state index is -0.608. The standard InChI is InChI=1S/C29H29N5O4/c35-27-11-10-25(28(36)32-27)34-16-17-12-19(8-9-20(17)29(34)37)38-26-7-3-6-24(26)33-14-18(15-33)23-13-30-21-4-1-2-5-22(21)31-23/h1-2,4-5,8-9,12-13,18,24-26H,3,6-7,10-11,14-16H2,(H,32,35,36)/t24-,25?,26-/m0/s1. The van der Waals surface area contributed by atoms with Crippen LogP contribution in [-0.4, -0.2) is 68.8 Å². The average Bonchev–Trinajstić information content (AvgIpc) is 3.47. The van der Waals surface area contributed by atoms with Crippen molar-refractivity contribution in [1.29, 1.82) is 0 Å². The third-order valence-electron chi connectivity index (χ3n) is 8.46. The smallest absolute Gasteiger partial charge is 0.255 e. The number of aromatic nitrogens is 2. The first-order valence-electron chi connectivity index (χ1n) is 13.4. The van der Waals surface area contributed by atoms with Crippen molar-refractivity contribution in [2.75, 3.05) is 13.1 Å². The van der Waals surface area contributed by atoms with Crippen LogP contribution in [0.25, 0.3) is 11.0 Å². The maximum Gasteiger partial charge on any atom is 0.255 e. The van der Waals surface area contributed by atoms with Gasteiger partial charge in [-0.2, -0.15) is 0 Å². The van der Waals surface area contributed by atoms with Gasteiger partial charge in [0.15, 0.2) is 0 Å². The highest BCUT2D eigenvalue weighted by Gasteiger charge is 2.42. The Morgan fingerprint density at radius 2 is 1.82 bits per heavy atom. The number of fused-ring (bicyclic) bond motifs is 2. The molecule has 3 fully saturated rings. The minimum absolute atomic E-state index is 0.0972. The number of nitrogens with zero attached hydrogens (tertiary/aromatic N) is 4. The second kappa shape index (κ2) is 9.16. The summed E-state index contributed by atoms with van der Waals surface area (Å²) >= 11 is 0. The molecule has 2 saturated heterocycles. The third kappa shape index (κ3) is 4.01. The van der Waals surface area contributed by atoms with Crippen LogP contribution in [0.5, 0.6) is 5.75 Å². The molecule has 4 heterocycles. The summed E-state index contributed by atoms with van der Waals surface area (Å²) in [4.78, 5) is 50.3. The van der Waals surface area contributed by atoms with Crippen LogP contribution in [-0.2, 0) is 16.1 Å². The highest BCUT2D eigenvalue weighted by atomic mass is 16.5. The number of carbonyl (C=O) groups excluding carboxylic acids is 3. The van der Waals surface area contributed by atoms with E-state index in [1.54, 1.807) is 11.0 Å². The van der Waals surface area contributed by atoms with Gasteiger partial charge >= 0.3 is 0 Å². The van der Waals surface area contributed by atoms with E-state index >= 15 is 0 Å². The highest BCUT2D eigenvalue weighted by Crippen LogP contribution is 2.37. The fourth-order valence-electron chi connectivity index (χ4n) is 6.40. The largest absolute Gasteiger partial charge is 0.489 e. The number of hydrogen-bond donors (Lipinski definition) is 1. The Hall–Kier alpha value is -3.85. The normalized spacial score (nSPS) is 25.9. The first-order valence-corrected chi connectivity index (χ1v) is 13.4. The number of rotatable bonds is 5. The van der Waals surface area contributed by atoms with E-state index in [1.165, 1.54) is 0 Å². The maximum absolute atomic E-state index is 13.0. The van der Waals surface area contributed by atoms with Crippen molar-refractivity contribution in [2.45, 2.75) is 62.8 Å². The molecule has 7 rings (SSSR count). The number of hydrogen-bond acceptors (Lipinski definition) is 7. The molecule has 9 nitrogen and oxygen atoms in total. The summed E-state index contributed by atoms with van der Waals surface area (Å²) in [7, 11) is 0. The number of likely N-dealkylation sites (tertiary alicyclic amines) is 1. The third-order valence-corrected chi connectivity index (χ3v) is 8.46. The summed E-state index contributed by atoms with van der Waals surface area (Å²) in [5.74, 6) is 0.308. The van der Waals surface area contributed by atoms with E-state index < -0.39 is 11.9 Å². The summed E-state index contributed by atoms with van der Waals surface area (Å²) in [6.45, 7) is 2.26. The van der Waals surface area contributed by atoms with Crippen LogP contribution in [0.15, 0.2) is 48.7 Å². The van der Waals surface area contributed by atoms with Crippen molar-refractivity contribution in [1.82, 2.24) is 25.1 Å². The van der Waals surface area contributed by atoms with Gasteiger partial charge in [-0.15, -0.1) is 0 Å². The molecule has 0 spiro atoms. The molecule has 3 aromatic rings. The number of piperidine rings is 1. The van der Waals surface area contributed by atoms with Crippen molar-refractivity contribution in [3.05, 3.63) is 65.5 Å². The van der Waals surface area contributed by atoms with E-state index in [1.807, 2.05) is 42.6 Å². The lowest BCUT2D eigenvalue weighted by Gasteiger charge is -2.44. The first-order chi connectivity index (χ1) is 18.5. The molecule has 194 valence electrons. The molecular weight excluding hydrogens is 482 g/mol. The van der Waals surface area contributed by atoms with Crippen LogP contribution in [0.3, 0.4) is 0 Å². The van der Waals surface area contributed by atoms with Crippen molar-refractivity contribution < 1.29 is 19.1 Å². The van der Waals surface area contributed by atoms with Gasteiger partial charge in [0.2, 0.25) is 11.8 Å². The Bertz CT molecular complexity index is 1450. The van der Waals surface area contributed by atoms with E-state index in [9.17, 15) is 14.4 Å². The summed E-state index contributed by atoms with van der Waals surface area (Å²) in [5, 5.41) is 2.35. The zero-order valence-electron chi connectivity index (χ0n) is 21.0. The second-order valence-electron chi connectivity index (χ2n) is 10.8. The van der Waals surface area contributed by atoms with Crippen LogP contribution in [0.2, 0.25) is 0 Å². The van der Waals surface area contributed by atoms with Crippen LogP contribution in [0.4, 0.5) is 0 Å². The van der Waals surface area contributed by atoms with E-state index in [4.69, 9.17) is 9.72 Å². The number of amides is 3. The van der Waals surface area contributed by atoms with Crippen LogP contribution >= 0.6 is 0 Å². The summed E-state index contributed by atoms with van der Waals surface area (Å²) < 4.78 is 6.50. The zero-order valence-corrected chi connectivity index (χ0v) is 21.0. The molecule has 1 aliphatic carbocycles. The van der Waals surface area contributed by atoms with Crippen molar-refractivity contribution >= 4 is 28.8 Å². The summed E-state index contributed by atoms with van der Waals surface area (Å²) in [5.41, 5.74) is 4.39. The Kier molecular flexibility index (Phi) is 5.61. The monoisotopic (exact) mass is 511 g/mol. The molecule has 0 bridgehead atoms. The molecule has 1 saturated carbocycles. The van der Waals surface area contributed by atoms with Gasteiger partial charge in [-0.05, 0) is 61.6 Å². The lowest BCUT2D eigenvalue weighted by atomic mass is 9.93. The van der Waals surface area contributed by atoms with Gasteiger partial charge in [0.25, 0.3) is 5.91 Å². The molecule has 1 unspecified atom stereocenters. The minimum Gasteiger partial charge on any atom is -0.489 e. The number of nitrogens with one attached hydrogen (secondary N) is 1. The number of imide groups is 1. The highest BCUT2D eigenvalue weighted by molar-refractivity contribution is 6.05. The molecule has 1 aromatic heterocycles. The molecular formula is C29H29N5O4. The quantitative estimate of drug-likeness (QED) is 0.525. The first kappa shape index (κ1) is 23.3. The number of benzene rings is 2. The molecule has 3 amide bonds. The van der Waals surface area contributed by atoms with Crippen molar-refractivity contribution in [3.8, 4) is 5.75 Å². The van der Waals surface area contributed by atoms with E-state index in [2.05, 4.69) is 15.2 Å². The van der Waals surface area contributed by atoms with E-state index in [-0.39, 0.29) is 24.3 Å². The zero-order chi connectivity index (χ0) is 25.8. The predicted molar refractivity (Wildman–Crippen MR) is 138 cm³/mol. The average molecular weight is 512 g/mol. The van der Waals surface area contributed by atoms with Crippen molar-refractivity contribution in [2.24, 2.45) is 0 Å². The van der Waals surface area contributed by atoms with Crippen LogP contribution < -0.4 is 10.1 Å². The molecule has 4 aliphatic rings. The van der Waals surface area contributed by atoms with Crippen LogP contribution in [0, 0.1) is 0 Å². The molecule has 2 aromatic carbocycles. The summed E-state index contributed by atoms with van der Waals surface area (Å²) in [6, 6.07) is 13.3. The Labute approximate surface area is 220 Å². The molecule has 3 atom stereocenters. The van der Waals surface area contributed by atoms with Gasteiger partial charge in [-0.1, -0.05) is 12.1 Å². The number of para-hydroxylation sites is 2. The predicted octanol–water partition coefficient (Wildman–Crippen LogP) is 2.79. The van der Waals surface area contributed by atoms with Gasteiger partial charge in [-0.3, -0.25) is 29.6 Å². The van der Waals surface area contributed by atoms with E-state index in [0.717, 1.165) is 60.4 Å². The van der Waals surface area contributed by atoms with Gasteiger partial charge in [0, 0.05) is 49.8 Å². The van der Waals surface area contributed by atoms with Crippen LogP contribution in [0.1, 0.15) is 59.6 Å². The Balaban J connectivity index is 1.00. The maximum atomic E-state index is 13.0. The van der Waals surface area contributed by atoms with Gasteiger partial charge in [-0.25, -0.2) is 4.98 Å². The molecule has 0 radical (unpaired) electrons. The Morgan fingerprint density at radius 3 is 2.66 bits per heavy atom. The van der Waals surface area contributed by atoms with Crippen molar-refractivity contribution in [3.63, 3.8) is 0 Å². The molecule has 1 N–H and O–H groups in total. The lowest BCUT2D eigenvalue weighted by molar-refractivity contribution is -0.136.